The van der Waals surface area contributed by atoms with Gasteiger partial charge in [-0.25, -0.2) is 9.18 Å². The third kappa shape index (κ3) is 3.17. The van der Waals surface area contributed by atoms with Gasteiger partial charge in [0.25, 0.3) is 5.91 Å². The van der Waals surface area contributed by atoms with Crippen molar-refractivity contribution in [1.29, 1.82) is 0 Å². The lowest BCUT2D eigenvalue weighted by molar-refractivity contribution is -0.128. The fourth-order valence-corrected chi connectivity index (χ4v) is 1.14. The van der Waals surface area contributed by atoms with Crippen molar-refractivity contribution in [2.75, 3.05) is 12.8 Å². The van der Waals surface area contributed by atoms with E-state index in [-0.39, 0.29) is 11.3 Å². The van der Waals surface area contributed by atoms with Gasteiger partial charge in [-0.2, -0.15) is 0 Å². The summed E-state index contributed by atoms with van der Waals surface area (Å²) in [4.78, 5) is 22.6. The number of rotatable bonds is 3. The van der Waals surface area contributed by atoms with E-state index in [1.54, 1.807) is 0 Å². The molecule has 5 nitrogen and oxygen atoms in total. The van der Waals surface area contributed by atoms with Gasteiger partial charge in [0, 0.05) is 7.05 Å². The molecule has 1 aromatic rings. The minimum Gasteiger partial charge on any atom is -0.449 e. The highest BCUT2D eigenvalue weighted by Crippen LogP contribution is 2.13. The van der Waals surface area contributed by atoms with Crippen LogP contribution in [0.2, 0.25) is 0 Å². The first-order chi connectivity index (χ1) is 7.95. The molecule has 6 heteroatoms. The summed E-state index contributed by atoms with van der Waals surface area (Å²) in [6.07, 6.45) is -0.937. The van der Waals surface area contributed by atoms with Crippen LogP contribution in [-0.2, 0) is 9.53 Å². The summed E-state index contributed by atoms with van der Waals surface area (Å²) in [5.74, 6) is -1.92. The molecule has 0 radical (unpaired) electrons. The molecule has 92 valence electrons. The Morgan fingerprint density at radius 3 is 2.65 bits per heavy atom. The SMILES string of the molecule is CNC(=O)C(C)OC(=O)c1ccc(N)c(F)c1. The monoisotopic (exact) mass is 240 g/mol. The van der Waals surface area contributed by atoms with Crippen LogP contribution in [0.4, 0.5) is 10.1 Å². The van der Waals surface area contributed by atoms with E-state index < -0.39 is 23.8 Å². The highest BCUT2D eigenvalue weighted by atomic mass is 19.1. The summed E-state index contributed by atoms with van der Waals surface area (Å²) >= 11 is 0. The summed E-state index contributed by atoms with van der Waals surface area (Å²) in [7, 11) is 1.43. The largest absolute Gasteiger partial charge is 0.449 e. The van der Waals surface area contributed by atoms with Gasteiger partial charge in [0.15, 0.2) is 6.10 Å². The Morgan fingerprint density at radius 2 is 2.12 bits per heavy atom. The van der Waals surface area contributed by atoms with Crippen molar-refractivity contribution in [3.05, 3.63) is 29.6 Å². The Morgan fingerprint density at radius 1 is 1.47 bits per heavy atom. The maximum absolute atomic E-state index is 13.1. The Balaban J connectivity index is 2.76. The first kappa shape index (κ1) is 13.0. The molecule has 3 N–H and O–H groups in total. The standard InChI is InChI=1S/C11H13FN2O3/c1-6(10(15)14-2)17-11(16)7-3-4-9(13)8(12)5-7/h3-6H,13H2,1-2H3,(H,14,15). The number of anilines is 1. The van der Waals surface area contributed by atoms with Gasteiger partial charge in [0.05, 0.1) is 11.3 Å². The number of benzene rings is 1. The molecule has 1 amide bonds. The first-order valence-electron chi connectivity index (χ1n) is 4.93. The molecule has 0 spiro atoms. The quantitative estimate of drug-likeness (QED) is 0.602. The van der Waals surface area contributed by atoms with Gasteiger partial charge in [-0.1, -0.05) is 0 Å². The number of esters is 1. The van der Waals surface area contributed by atoms with Crippen LogP contribution in [-0.4, -0.2) is 25.0 Å². The van der Waals surface area contributed by atoms with Crippen LogP contribution >= 0.6 is 0 Å². The zero-order chi connectivity index (χ0) is 13.0. The second-order valence-corrected chi connectivity index (χ2v) is 3.40. The molecule has 0 heterocycles. The third-order valence-electron chi connectivity index (χ3n) is 2.14. The summed E-state index contributed by atoms with van der Waals surface area (Å²) in [6.45, 7) is 1.42. The molecule has 1 aromatic carbocycles. The van der Waals surface area contributed by atoms with Gasteiger partial charge in [-0.15, -0.1) is 0 Å². The molecule has 0 aliphatic heterocycles. The zero-order valence-corrected chi connectivity index (χ0v) is 9.49. The number of ether oxygens (including phenoxy) is 1. The van der Waals surface area contributed by atoms with Crippen LogP contribution in [0.3, 0.4) is 0 Å². The lowest BCUT2D eigenvalue weighted by Crippen LogP contribution is -2.33. The number of halogens is 1. The minimum atomic E-state index is -0.937. The molecular formula is C11H13FN2O3. The number of nitrogen functional groups attached to an aromatic ring is 1. The average Bonchev–Trinajstić information content (AvgIpc) is 2.31. The minimum absolute atomic E-state index is 0.00690. The van der Waals surface area contributed by atoms with Gasteiger partial charge in [-0.05, 0) is 25.1 Å². The number of nitrogens with two attached hydrogens (primary N) is 1. The van der Waals surface area contributed by atoms with Crippen molar-refractivity contribution < 1.29 is 18.7 Å². The number of amides is 1. The average molecular weight is 240 g/mol. The highest BCUT2D eigenvalue weighted by molar-refractivity contribution is 5.92. The lowest BCUT2D eigenvalue weighted by Gasteiger charge is -2.11. The molecule has 0 aliphatic rings. The predicted molar refractivity (Wildman–Crippen MR) is 59.8 cm³/mol. The van der Waals surface area contributed by atoms with Crippen LogP contribution < -0.4 is 11.1 Å². The Bertz CT molecular complexity index is 448. The van der Waals surface area contributed by atoms with Crippen LogP contribution in [0.5, 0.6) is 0 Å². The number of carbonyl (C=O) groups excluding carboxylic acids is 2. The molecule has 0 saturated carbocycles. The maximum atomic E-state index is 13.1. The second kappa shape index (κ2) is 5.29. The van der Waals surface area contributed by atoms with Crippen molar-refractivity contribution in [1.82, 2.24) is 5.32 Å². The summed E-state index contributed by atoms with van der Waals surface area (Å²) in [5.41, 5.74) is 5.22. The first-order valence-corrected chi connectivity index (χ1v) is 4.93. The Hall–Kier alpha value is -2.11. The number of nitrogens with one attached hydrogen (secondary N) is 1. The molecule has 0 aromatic heterocycles. The number of carbonyl (C=O) groups is 2. The zero-order valence-electron chi connectivity index (χ0n) is 9.49. The van der Waals surface area contributed by atoms with Gasteiger partial charge in [-0.3, -0.25) is 4.79 Å². The van der Waals surface area contributed by atoms with E-state index in [1.807, 2.05) is 0 Å². The Kier molecular flexibility index (Phi) is 4.03. The van der Waals surface area contributed by atoms with Gasteiger partial charge in [0.2, 0.25) is 0 Å². The topological polar surface area (TPSA) is 81.4 Å². The third-order valence-corrected chi connectivity index (χ3v) is 2.14. The van der Waals surface area contributed by atoms with Crippen molar-refractivity contribution in [3.8, 4) is 0 Å². The van der Waals surface area contributed by atoms with Crippen LogP contribution in [0, 0.1) is 5.82 Å². The van der Waals surface area contributed by atoms with E-state index in [1.165, 1.54) is 26.1 Å². The second-order valence-electron chi connectivity index (χ2n) is 3.40. The van der Waals surface area contributed by atoms with Crippen LogP contribution in [0.15, 0.2) is 18.2 Å². The van der Waals surface area contributed by atoms with Crippen LogP contribution in [0.1, 0.15) is 17.3 Å². The summed E-state index contributed by atoms with van der Waals surface area (Å²) in [6, 6.07) is 3.56. The van der Waals surface area contributed by atoms with Crippen molar-refractivity contribution >= 4 is 17.6 Å². The van der Waals surface area contributed by atoms with Crippen molar-refractivity contribution in [2.45, 2.75) is 13.0 Å². The molecule has 0 aliphatic carbocycles. The molecule has 17 heavy (non-hydrogen) atoms. The molecule has 0 bridgehead atoms. The number of likely N-dealkylation sites (N-methyl/N-ethyl adjacent to an activating group) is 1. The van der Waals surface area contributed by atoms with Crippen LogP contribution in [0.25, 0.3) is 0 Å². The molecular weight excluding hydrogens is 227 g/mol. The fourth-order valence-electron chi connectivity index (χ4n) is 1.14. The molecule has 0 saturated heterocycles. The summed E-state index contributed by atoms with van der Waals surface area (Å²) < 4.78 is 17.9. The number of hydrogen-bond donors (Lipinski definition) is 2. The predicted octanol–water partition coefficient (Wildman–Crippen LogP) is 0.699. The number of hydrogen-bond acceptors (Lipinski definition) is 4. The molecule has 1 atom stereocenters. The van der Waals surface area contributed by atoms with E-state index >= 15 is 0 Å². The smallest absolute Gasteiger partial charge is 0.339 e. The maximum Gasteiger partial charge on any atom is 0.339 e. The van der Waals surface area contributed by atoms with Crippen molar-refractivity contribution in [2.24, 2.45) is 0 Å². The molecule has 1 rings (SSSR count). The normalized spacial score (nSPS) is 11.7. The fraction of sp³-hybridized carbons (Fsp3) is 0.273. The highest BCUT2D eigenvalue weighted by Gasteiger charge is 2.18. The van der Waals surface area contributed by atoms with E-state index in [0.29, 0.717) is 0 Å². The van der Waals surface area contributed by atoms with E-state index in [9.17, 15) is 14.0 Å². The van der Waals surface area contributed by atoms with Crippen molar-refractivity contribution in [3.63, 3.8) is 0 Å². The van der Waals surface area contributed by atoms with Gasteiger partial charge < -0.3 is 15.8 Å². The lowest BCUT2D eigenvalue weighted by atomic mass is 10.2. The summed E-state index contributed by atoms with van der Waals surface area (Å²) in [5, 5.41) is 2.33. The molecule has 1 unspecified atom stereocenters. The molecule has 0 fully saturated rings. The van der Waals surface area contributed by atoms with E-state index in [2.05, 4.69) is 5.32 Å². The van der Waals surface area contributed by atoms with Gasteiger partial charge in [0.1, 0.15) is 5.82 Å². The Labute approximate surface area is 97.7 Å². The van der Waals surface area contributed by atoms with E-state index in [0.717, 1.165) is 6.07 Å². The van der Waals surface area contributed by atoms with E-state index in [4.69, 9.17) is 10.5 Å². The van der Waals surface area contributed by atoms with Gasteiger partial charge >= 0.3 is 5.97 Å².